The molecule has 0 fully saturated rings. The van der Waals surface area contributed by atoms with Crippen molar-refractivity contribution in [2.75, 3.05) is 5.32 Å². The molecule has 0 bridgehead atoms. The van der Waals surface area contributed by atoms with Crippen molar-refractivity contribution in [3.05, 3.63) is 47.5 Å². The minimum Gasteiger partial charge on any atom is -0.455 e. The number of rotatable bonds is 5. The minimum absolute atomic E-state index is 0.0216. The summed E-state index contributed by atoms with van der Waals surface area (Å²) in [7, 11) is 0. The van der Waals surface area contributed by atoms with E-state index in [1.165, 1.54) is 12.1 Å². The zero-order chi connectivity index (χ0) is 14.5. The Labute approximate surface area is 118 Å². The van der Waals surface area contributed by atoms with Crippen LogP contribution in [0.25, 0.3) is 0 Å². The Morgan fingerprint density at radius 3 is 2.85 bits per heavy atom. The van der Waals surface area contributed by atoms with Gasteiger partial charge in [0.2, 0.25) is 0 Å². The van der Waals surface area contributed by atoms with Crippen molar-refractivity contribution in [1.29, 1.82) is 0 Å². The predicted molar refractivity (Wildman–Crippen MR) is 72.9 cm³/mol. The molecule has 0 aliphatic carbocycles. The Hall–Kier alpha value is -1.89. The SMILES string of the molecule is Cc1ccc(NC(=O)c2ccc(CSC(F)F)o2)nc1. The van der Waals surface area contributed by atoms with Gasteiger partial charge in [0.1, 0.15) is 11.6 Å². The summed E-state index contributed by atoms with van der Waals surface area (Å²) in [4.78, 5) is 15.9. The van der Waals surface area contributed by atoms with Gasteiger partial charge >= 0.3 is 0 Å². The van der Waals surface area contributed by atoms with Crippen LogP contribution in [-0.2, 0) is 5.75 Å². The van der Waals surface area contributed by atoms with Gasteiger partial charge in [-0.1, -0.05) is 17.8 Å². The Kier molecular flexibility index (Phi) is 4.73. The van der Waals surface area contributed by atoms with E-state index in [-0.39, 0.29) is 11.5 Å². The number of carbonyl (C=O) groups excluding carboxylic acids is 1. The fourth-order valence-corrected chi connectivity index (χ4v) is 1.89. The van der Waals surface area contributed by atoms with Crippen molar-refractivity contribution in [1.82, 2.24) is 4.98 Å². The maximum Gasteiger partial charge on any atom is 0.292 e. The van der Waals surface area contributed by atoms with E-state index in [9.17, 15) is 13.6 Å². The highest BCUT2D eigenvalue weighted by atomic mass is 32.2. The topological polar surface area (TPSA) is 55.1 Å². The van der Waals surface area contributed by atoms with Gasteiger partial charge in [-0.15, -0.1) is 0 Å². The third-order valence-corrected chi connectivity index (χ3v) is 3.09. The number of hydrogen-bond acceptors (Lipinski definition) is 4. The number of anilines is 1. The number of alkyl halides is 2. The van der Waals surface area contributed by atoms with E-state index in [1.807, 2.05) is 13.0 Å². The maximum absolute atomic E-state index is 12.0. The van der Waals surface area contributed by atoms with Gasteiger partial charge in [-0.05, 0) is 30.7 Å². The molecule has 0 aromatic carbocycles. The summed E-state index contributed by atoms with van der Waals surface area (Å²) in [6, 6.07) is 6.44. The lowest BCUT2D eigenvalue weighted by Crippen LogP contribution is -2.11. The van der Waals surface area contributed by atoms with Crippen LogP contribution in [0.3, 0.4) is 0 Å². The monoisotopic (exact) mass is 298 g/mol. The largest absolute Gasteiger partial charge is 0.455 e. The highest BCUT2D eigenvalue weighted by molar-refractivity contribution is 7.98. The normalized spacial score (nSPS) is 10.8. The van der Waals surface area contributed by atoms with E-state index in [1.54, 1.807) is 12.3 Å². The second-order valence-corrected chi connectivity index (χ2v) is 4.99. The molecule has 0 radical (unpaired) electrons. The summed E-state index contributed by atoms with van der Waals surface area (Å²) in [6.07, 6.45) is 1.63. The van der Waals surface area contributed by atoms with E-state index in [2.05, 4.69) is 10.3 Å². The molecule has 2 heterocycles. The van der Waals surface area contributed by atoms with Crippen LogP contribution >= 0.6 is 11.8 Å². The smallest absolute Gasteiger partial charge is 0.292 e. The number of carbonyl (C=O) groups is 1. The second kappa shape index (κ2) is 6.51. The molecule has 0 saturated heterocycles. The van der Waals surface area contributed by atoms with E-state index in [0.717, 1.165) is 5.56 Å². The van der Waals surface area contributed by atoms with Crippen LogP contribution in [0.4, 0.5) is 14.6 Å². The molecule has 0 spiro atoms. The third kappa shape index (κ3) is 4.06. The standard InChI is InChI=1S/C13H12F2N2O2S/c1-8-2-5-11(16-6-8)17-12(18)10-4-3-9(19-10)7-20-13(14)15/h2-6,13H,7H2,1H3,(H,16,17,18). The lowest BCUT2D eigenvalue weighted by Gasteiger charge is -2.02. The number of hydrogen-bond donors (Lipinski definition) is 1. The molecular weight excluding hydrogens is 286 g/mol. The van der Waals surface area contributed by atoms with Gasteiger partial charge in [0.25, 0.3) is 11.7 Å². The molecule has 0 aliphatic rings. The molecule has 106 valence electrons. The zero-order valence-corrected chi connectivity index (χ0v) is 11.4. The van der Waals surface area contributed by atoms with Crippen molar-refractivity contribution in [3.8, 4) is 0 Å². The average molecular weight is 298 g/mol. The van der Waals surface area contributed by atoms with Gasteiger partial charge in [0.15, 0.2) is 5.76 Å². The van der Waals surface area contributed by atoms with Crippen LogP contribution in [0, 0.1) is 6.92 Å². The summed E-state index contributed by atoms with van der Waals surface area (Å²) in [5.41, 5.74) is 0.979. The van der Waals surface area contributed by atoms with Gasteiger partial charge < -0.3 is 9.73 Å². The molecule has 20 heavy (non-hydrogen) atoms. The summed E-state index contributed by atoms with van der Waals surface area (Å²) in [5.74, 6) is -2.10. The molecular formula is C13H12F2N2O2S. The molecule has 0 saturated carbocycles. The van der Waals surface area contributed by atoms with E-state index < -0.39 is 11.7 Å². The molecule has 2 aromatic rings. The first kappa shape index (κ1) is 14.5. The van der Waals surface area contributed by atoms with Crippen LogP contribution in [0.5, 0.6) is 0 Å². The van der Waals surface area contributed by atoms with Crippen molar-refractivity contribution in [2.45, 2.75) is 18.4 Å². The highest BCUT2D eigenvalue weighted by Gasteiger charge is 2.13. The molecule has 2 aromatic heterocycles. The first-order valence-corrected chi connectivity index (χ1v) is 6.82. The molecule has 0 aliphatic heterocycles. The molecule has 2 rings (SSSR count). The van der Waals surface area contributed by atoms with E-state index in [4.69, 9.17) is 4.42 Å². The average Bonchev–Trinajstić information content (AvgIpc) is 2.88. The number of amides is 1. The van der Waals surface area contributed by atoms with Crippen LogP contribution in [-0.4, -0.2) is 16.6 Å². The summed E-state index contributed by atoms with van der Waals surface area (Å²) >= 11 is 0.444. The number of aromatic nitrogens is 1. The van der Waals surface area contributed by atoms with Gasteiger partial charge in [-0.3, -0.25) is 4.79 Å². The van der Waals surface area contributed by atoms with Crippen molar-refractivity contribution in [2.24, 2.45) is 0 Å². The zero-order valence-electron chi connectivity index (χ0n) is 10.6. The quantitative estimate of drug-likeness (QED) is 0.914. The van der Waals surface area contributed by atoms with E-state index >= 15 is 0 Å². The Morgan fingerprint density at radius 1 is 1.40 bits per heavy atom. The predicted octanol–water partition coefficient (Wildman–Crippen LogP) is 3.69. The number of aryl methyl sites for hydroxylation is 1. The van der Waals surface area contributed by atoms with Gasteiger partial charge in [0, 0.05) is 6.20 Å². The van der Waals surface area contributed by atoms with Crippen molar-refractivity contribution >= 4 is 23.5 Å². The Morgan fingerprint density at radius 2 is 2.20 bits per heavy atom. The van der Waals surface area contributed by atoms with Crippen LogP contribution < -0.4 is 5.32 Å². The molecule has 1 amide bonds. The van der Waals surface area contributed by atoms with Crippen LogP contribution in [0.15, 0.2) is 34.9 Å². The first-order chi connectivity index (χ1) is 9.54. The van der Waals surface area contributed by atoms with Gasteiger partial charge in [0.05, 0.1) is 5.75 Å². The lowest BCUT2D eigenvalue weighted by atomic mass is 10.3. The molecule has 1 N–H and O–H groups in total. The summed E-state index contributed by atoms with van der Waals surface area (Å²) in [5, 5.41) is 2.56. The third-order valence-electron chi connectivity index (χ3n) is 2.39. The summed E-state index contributed by atoms with van der Waals surface area (Å²) in [6.45, 7) is 1.89. The number of furan rings is 1. The van der Waals surface area contributed by atoms with Gasteiger partial charge in [-0.2, -0.15) is 8.78 Å². The lowest BCUT2D eigenvalue weighted by molar-refractivity contribution is 0.0995. The Bertz CT molecular complexity index is 584. The Balaban J connectivity index is 1.97. The number of thioether (sulfide) groups is 1. The van der Waals surface area contributed by atoms with Gasteiger partial charge in [-0.25, -0.2) is 4.98 Å². The molecule has 7 heteroatoms. The first-order valence-electron chi connectivity index (χ1n) is 5.77. The van der Waals surface area contributed by atoms with Crippen LogP contribution in [0.2, 0.25) is 0 Å². The number of pyridine rings is 1. The minimum atomic E-state index is -2.46. The number of halogens is 2. The second-order valence-electron chi connectivity index (χ2n) is 4.01. The number of nitrogens with one attached hydrogen (secondary N) is 1. The fraction of sp³-hybridized carbons (Fsp3) is 0.231. The van der Waals surface area contributed by atoms with E-state index in [0.29, 0.717) is 23.3 Å². The maximum atomic E-state index is 12.0. The van der Waals surface area contributed by atoms with Crippen LogP contribution in [0.1, 0.15) is 21.9 Å². The fourth-order valence-electron chi connectivity index (χ4n) is 1.44. The van der Waals surface area contributed by atoms with Crippen molar-refractivity contribution in [3.63, 3.8) is 0 Å². The number of nitrogens with zero attached hydrogens (tertiary/aromatic N) is 1. The highest BCUT2D eigenvalue weighted by Crippen LogP contribution is 2.21. The summed E-state index contributed by atoms with van der Waals surface area (Å²) < 4.78 is 29.3. The molecule has 0 unspecified atom stereocenters. The molecule has 4 nitrogen and oxygen atoms in total. The molecule has 0 atom stereocenters. The van der Waals surface area contributed by atoms with Crippen molar-refractivity contribution < 1.29 is 18.0 Å².